The van der Waals surface area contributed by atoms with Crippen LogP contribution in [-0.4, -0.2) is 29.3 Å². The molecule has 0 saturated carbocycles. The van der Waals surface area contributed by atoms with E-state index >= 15 is 0 Å². The first-order chi connectivity index (χ1) is 6.34. The molecule has 1 saturated heterocycles. The van der Waals surface area contributed by atoms with Crippen LogP contribution >= 0.6 is 11.6 Å². The van der Waals surface area contributed by atoms with Crippen LogP contribution in [0.4, 0.5) is 0 Å². The van der Waals surface area contributed by atoms with E-state index in [1.165, 1.54) is 6.33 Å². The zero-order chi connectivity index (χ0) is 9.10. The van der Waals surface area contributed by atoms with E-state index in [4.69, 9.17) is 21.1 Å². The molecule has 1 aliphatic rings. The zero-order valence-electron chi connectivity index (χ0n) is 6.94. The van der Waals surface area contributed by atoms with Gasteiger partial charge in [0.1, 0.15) is 17.6 Å². The summed E-state index contributed by atoms with van der Waals surface area (Å²) in [5.74, 6) is 0.510. The van der Waals surface area contributed by atoms with Crippen molar-refractivity contribution in [2.75, 3.05) is 13.2 Å². The maximum absolute atomic E-state index is 5.67. The first kappa shape index (κ1) is 8.72. The van der Waals surface area contributed by atoms with E-state index < -0.39 is 0 Å². The fourth-order valence-corrected chi connectivity index (χ4v) is 1.30. The molecule has 13 heavy (non-hydrogen) atoms. The molecule has 0 bridgehead atoms. The summed E-state index contributed by atoms with van der Waals surface area (Å²) < 4.78 is 10.7. The van der Waals surface area contributed by atoms with Crippen molar-refractivity contribution in [3.63, 3.8) is 0 Å². The first-order valence-corrected chi connectivity index (χ1v) is 4.44. The highest BCUT2D eigenvalue weighted by Crippen LogP contribution is 2.16. The van der Waals surface area contributed by atoms with Crippen LogP contribution in [0.2, 0.25) is 5.15 Å². The van der Waals surface area contributed by atoms with Gasteiger partial charge in [-0.3, -0.25) is 0 Å². The number of aromatic nitrogens is 2. The van der Waals surface area contributed by atoms with Crippen LogP contribution in [0.3, 0.4) is 0 Å². The number of nitrogens with zero attached hydrogens (tertiary/aromatic N) is 2. The van der Waals surface area contributed by atoms with Gasteiger partial charge in [-0.2, -0.15) is 0 Å². The van der Waals surface area contributed by atoms with Gasteiger partial charge in [0.2, 0.25) is 5.88 Å². The fraction of sp³-hybridized carbons (Fsp3) is 0.500. The predicted molar refractivity (Wildman–Crippen MR) is 46.9 cm³/mol. The third kappa shape index (κ3) is 2.29. The summed E-state index contributed by atoms with van der Waals surface area (Å²) in [5, 5.41) is 0.393. The molecule has 2 rings (SSSR count). The van der Waals surface area contributed by atoms with Crippen LogP contribution in [0, 0.1) is 0 Å². The Hall–Kier alpha value is -0.870. The molecule has 0 amide bonds. The van der Waals surface area contributed by atoms with Crippen LogP contribution in [0.25, 0.3) is 0 Å². The van der Waals surface area contributed by atoms with Crippen molar-refractivity contribution in [3.8, 4) is 5.88 Å². The third-order valence-electron chi connectivity index (χ3n) is 1.78. The van der Waals surface area contributed by atoms with E-state index in [0.717, 1.165) is 13.0 Å². The lowest BCUT2D eigenvalue weighted by molar-refractivity contribution is 0.138. The fourth-order valence-electron chi connectivity index (χ4n) is 1.16. The molecule has 1 aromatic rings. The molecule has 4 nitrogen and oxygen atoms in total. The van der Waals surface area contributed by atoms with E-state index in [2.05, 4.69) is 9.97 Å². The van der Waals surface area contributed by atoms with E-state index in [-0.39, 0.29) is 6.10 Å². The molecule has 1 aliphatic heterocycles. The molecule has 0 aromatic carbocycles. The number of hydrogen-bond donors (Lipinski definition) is 0. The van der Waals surface area contributed by atoms with Crippen molar-refractivity contribution in [1.82, 2.24) is 9.97 Å². The monoisotopic (exact) mass is 200 g/mol. The van der Waals surface area contributed by atoms with Crippen LogP contribution in [-0.2, 0) is 4.74 Å². The Morgan fingerprint density at radius 2 is 2.46 bits per heavy atom. The average molecular weight is 201 g/mol. The molecule has 1 unspecified atom stereocenters. The van der Waals surface area contributed by atoms with E-state index in [1.54, 1.807) is 6.07 Å². The Morgan fingerprint density at radius 3 is 3.15 bits per heavy atom. The maximum Gasteiger partial charge on any atom is 0.218 e. The minimum absolute atomic E-state index is 0.103. The second kappa shape index (κ2) is 3.89. The molecule has 0 radical (unpaired) electrons. The van der Waals surface area contributed by atoms with Crippen molar-refractivity contribution < 1.29 is 9.47 Å². The van der Waals surface area contributed by atoms with Gasteiger partial charge in [-0.1, -0.05) is 11.6 Å². The SMILES string of the molecule is Clc1cc(OC2CCOC2)ncn1. The maximum atomic E-state index is 5.67. The topological polar surface area (TPSA) is 44.2 Å². The number of halogens is 1. The lowest BCUT2D eigenvalue weighted by Gasteiger charge is -2.09. The van der Waals surface area contributed by atoms with Crippen LogP contribution in [0.15, 0.2) is 12.4 Å². The van der Waals surface area contributed by atoms with Crippen LogP contribution in [0.1, 0.15) is 6.42 Å². The zero-order valence-corrected chi connectivity index (χ0v) is 7.70. The quantitative estimate of drug-likeness (QED) is 0.675. The van der Waals surface area contributed by atoms with Gasteiger partial charge in [0.25, 0.3) is 0 Å². The van der Waals surface area contributed by atoms with Gasteiger partial charge in [-0.05, 0) is 0 Å². The normalized spacial score (nSPS) is 21.8. The summed E-state index contributed by atoms with van der Waals surface area (Å²) in [4.78, 5) is 7.69. The number of rotatable bonds is 2. The average Bonchev–Trinajstić information content (AvgIpc) is 2.57. The smallest absolute Gasteiger partial charge is 0.218 e. The van der Waals surface area contributed by atoms with Crippen molar-refractivity contribution in [2.24, 2.45) is 0 Å². The molecular weight excluding hydrogens is 192 g/mol. The summed E-state index contributed by atoms with van der Waals surface area (Å²) in [7, 11) is 0. The summed E-state index contributed by atoms with van der Waals surface area (Å²) in [5.41, 5.74) is 0. The highest BCUT2D eigenvalue weighted by Gasteiger charge is 2.17. The molecule has 70 valence electrons. The summed E-state index contributed by atoms with van der Waals surface area (Å²) in [6.07, 6.45) is 2.39. The molecule has 2 heterocycles. The minimum Gasteiger partial charge on any atom is -0.472 e. The van der Waals surface area contributed by atoms with Gasteiger partial charge in [0.05, 0.1) is 13.2 Å². The number of ether oxygens (including phenoxy) is 2. The Labute approximate surface area is 80.9 Å². The Morgan fingerprint density at radius 1 is 1.54 bits per heavy atom. The lowest BCUT2D eigenvalue weighted by Crippen LogP contribution is -2.16. The standard InChI is InChI=1S/C8H9ClN2O2/c9-7-3-8(11-5-10-7)13-6-1-2-12-4-6/h3,5-6H,1-2,4H2. The highest BCUT2D eigenvalue weighted by molar-refractivity contribution is 6.29. The third-order valence-corrected chi connectivity index (χ3v) is 1.99. The second-order valence-corrected chi connectivity index (χ2v) is 3.17. The highest BCUT2D eigenvalue weighted by atomic mass is 35.5. The molecule has 1 aromatic heterocycles. The van der Waals surface area contributed by atoms with E-state index in [0.29, 0.717) is 17.6 Å². The van der Waals surface area contributed by atoms with Gasteiger partial charge >= 0.3 is 0 Å². The van der Waals surface area contributed by atoms with Crippen molar-refractivity contribution in [2.45, 2.75) is 12.5 Å². The molecule has 0 spiro atoms. The van der Waals surface area contributed by atoms with Gasteiger partial charge in [-0.25, -0.2) is 9.97 Å². The van der Waals surface area contributed by atoms with Crippen molar-refractivity contribution >= 4 is 11.6 Å². The molecule has 1 fully saturated rings. The Balaban J connectivity index is 2.00. The lowest BCUT2D eigenvalue weighted by atomic mass is 10.3. The summed E-state index contributed by atoms with van der Waals surface area (Å²) in [6, 6.07) is 1.60. The Bertz CT molecular complexity index is 289. The van der Waals surface area contributed by atoms with Gasteiger partial charge < -0.3 is 9.47 Å². The van der Waals surface area contributed by atoms with E-state index in [9.17, 15) is 0 Å². The first-order valence-electron chi connectivity index (χ1n) is 4.06. The van der Waals surface area contributed by atoms with Gasteiger partial charge in [-0.15, -0.1) is 0 Å². The van der Waals surface area contributed by atoms with E-state index in [1.807, 2.05) is 0 Å². The molecule has 0 N–H and O–H groups in total. The predicted octanol–water partition coefficient (Wildman–Crippen LogP) is 1.30. The summed E-state index contributed by atoms with van der Waals surface area (Å²) in [6.45, 7) is 1.38. The number of hydrogen-bond acceptors (Lipinski definition) is 4. The van der Waals surface area contributed by atoms with Crippen molar-refractivity contribution in [3.05, 3.63) is 17.5 Å². The summed E-state index contributed by atoms with van der Waals surface area (Å²) >= 11 is 5.67. The second-order valence-electron chi connectivity index (χ2n) is 2.78. The minimum atomic E-state index is 0.103. The molecule has 5 heteroatoms. The van der Waals surface area contributed by atoms with Crippen LogP contribution in [0.5, 0.6) is 5.88 Å². The van der Waals surface area contributed by atoms with Crippen LogP contribution < -0.4 is 4.74 Å². The van der Waals surface area contributed by atoms with Crippen molar-refractivity contribution in [1.29, 1.82) is 0 Å². The Kier molecular flexibility index (Phi) is 2.61. The molecule has 0 aliphatic carbocycles. The molecular formula is C8H9ClN2O2. The van der Waals surface area contributed by atoms with Gasteiger partial charge in [0, 0.05) is 12.5 Å². The van der Waals surface area contributed by atoms with Gasteiger partial charge in [0.15, 0.2) is 0 Å². The molecule has 1 atom stereocenters. The largest absolute Gasteiger partial charge is 0.472 e.